The summed E-state index contributed by atoms with van der Waals surface area (Å²) < 4.78 is 0. The van der Waals surface area contributed by atoms with Crippen LogP contribution in [0.3, 0.4) is 0 Å². The minimum atomic E-state index is -0.386. The van der Waals surface area contributed by atoms with Gasteiger partial charge >= 0.3 is 0 Å². The molecular formula is C18H28N2O. The smallest absolute Gasteiger partial charge is 0.0942 e. The van der Waals surface area contributed by atoms with Crippen molar-refractivity contribution in [3.05, 3.63) is 35.4 Å². The second kappa shape index (κ2) is 6.47. The van der Waals surface area contributed by atoms with Gasteiger partial charge in [0, 0.05) is 38.3 Å². The predicted octanol–water partition coefficient (Wildman–Crippen LogP) is 2.45. The fourth-order valence-electron chi connectivity index (χ4n) is 3.38. The zero-order chi connectivity index (χ0) is 14.8. The molecule has 0 aromatic heterocycles. The highest BCUT2D eigenvalue weighted by atomic mass is 16.3. The summed E-state index contributed by atoms with van der Waals surface area (Å²) in [7, 11) is 0. The standard InChI is InChI=1S/C18H28N2O/c1-3-15-4-6-16(7-5-15)18(21)14(2)19-10-12-20(13-11-19)17-8-9-17/h4-7,14,17-18,21H,3,8-13H2,1-2H3. The van der Waals surface area contributed by atoms with Crippen LogP contribution in [0, 0.1) is 0 Å². The zero-order valence-corrected chi connectivity index (χ0v) is 13.3. The van der Waals surface area contributed by atoms with E-state index in [-0.39, 0.29) is 12.1 Å². The highest BCUT2D eigenvalue weighted by Gasteiger charge is 2.33. The number of nitrogens with zero attached hydrogens (tertiary/aromatic N) is 2. The van der Waals surface area contributed by atoms with Gasteiger partial charge in [0.25, 0.3) is 0 Å². The van der Waals surface area contributed by atoms with Crippen LogP contribution in [0.1, 0.15) is 43.9 Å². The van der Waals surface area contributed by atoms with Gasteiger partial charge in [-0.3, -0.25) is 9.80 Å². The summed E-state index contributed by atoms with van der Waals surface area (Å²) >= 11 is 0. The van der Waals surface area contributed by atoms with Gasteiger partial charge in [0.05, 0.1) is 6.10 Å². The molecule has 2 fully saturated rings. The molecule has 2 aliphatic rings. The first-order chi connectivity index (χ1) is 10.2. The van der Waals surface area contributed by atoms with Crippen LogP contribution in [0.5, 0.6) is 0 Å². The summed E-state index contributed by atoms with van der Waals surface area (Å²) in [6.45, 7) is 8.81. The van der Waals surface area contributed by atoms with Crippen LogP contribution in [0.4, 0.5) is 0 Å². The first-order valence-electron chi connectivity index (χ1n) is 8.44. The van der Waals surface area contributed by atoms with Gasteiger partial charge in [-0.25, -0.2) is 0 Å². The van der Waals surface area contributed by atoms with E-state index in [4.69, 9.17) is 0 Å². The first-order valence-corrected chi connectivity index (χ1v) is 8.44. The number of piperazine rings is 1. The molecule has 3 rings (SSSR count). The molecule has 21 heavy (non-hydrogen) atoms. The van der Waals surface area contributed by atoms with Crippen molar-refractivity contribution in [3.63, 3.8) is 0 Å². The number of hydrogen-bond donors (Lipinski definition) is 1. The van der Waals surface area contributed by atoms with Gasteiger partial charge in [0.1, 0.15) is 0 Å². The molecule has 1 aromatic carbocycles. The van der Waals surface area contributed by atoms with E-state index in [0.29, 0.717) is 0 Å². The van der Waals surface area contributed by atoms with Gasteiger partial charge in [0.2, 0.25) is 0 Å². The maximum absolute atomic E-state index is 10.6. The van der Waals surface area contributed by atoms with E-state index in [9.17, 15) is 5.11 Å². The minimum Gasteiger partial charge on any atom is -0.387 e. The van der Waals surface area contributed by atoms with Gasteiger partial charge in [-0.05, 0) is 37.3 Å². The normalized spacial score (nSPS) is 24.0. The SMILES string of the molecule is CCc1ccc(C(O)C(C)N2CCN(C3CC3)CC2)cc1. The Morgan fingerprint density at radius 3 is 2.24 bits per heavy atom. The van der Waals surface area contributed by atoms with Gasteiger partial charge in [-0.2, -0.15) is 0 Å². The quantitative estimate of drug-likeness (QED) is 0.901. The maximum atomic E-state index is 10.6. The summed E-state index contributed by atoms with van der Waals surface area (Å²) in [6.07, 6.45) is 3.45. The molecule has 1 saturated heterocycles. The van der Waals surface area contributed by atoms with E-state index in [2.05, 4.69) is 47.9 Å². The van der Waals surface area contributed by atoms with E-state index < -0.39 is 0 Å². The lowest BCUT2D eigenvalue weighted by atomic mass is 10.00. The lowest BCUT2D eigenvalue weighted by Gasteiger charge is -2.39. The summed E-state index contributed by atoms with van der Waals surface area (Å²) in [5.41, 5.74) is 2.38. The molecule has 1 saturated carbocycles. The molecule has 0 radical (unpaired) electrons. The largest absolute Gasteiger partial charge is 0.387 e. The molecule has 0 bridgehead atoms. The van der Waals surface area contributed by atoms with Crippen LogP contribution in [0.2, 0.25) is 0 Å². The van der Waals surface area contributed by atoms with E-state index in [1.807, 2.05) is 0 Å². The average molecular weight is 288 g/mol. The van der Waals surface area contributed by atoms with Crippen molar-refractivity contribution in [2.24, 2.45) is 0 Å². The third kappa shape index (κ3) is 3.47. The van der Waals surface area contributed by atoms with Crippen LogP contribution in [-0.2, 0) is 6.42 Å². The fraction of sp³-hybridized carbons (Fsp3) is 0.667. The number of benzene rings is 1. The Hall–Kier alpha value is -0.900. The van der Waals surface area contributed by atoms with Crippen molar-refractivity contribution in [2.45, 2.75) is 51.3 Å². The van der Waals surface area contributed by atoms with Crippen molar-refractivity contribution >= 4 is 0 Å². The maximum Gasteiger partial charge on any atom is 0.0942 e. The topological polar surface area (TPSA) is 26.7 Å². The van der Waals surface area contributed by atoms with Crippen LogP contribution in [0.25, 0.3) is 0 Å². The highest BCUT2D eigenvalue weighted by Crippen LogP contribution is 2.29. The van der Waals surface area contributed by atoms with Gasteiger partial charge in [0.15, 0.2) is 0 Å². The zero-order valence-electron chi connectivity index (χ0n) is 13.3. The lowest BCUT2D eigenvalue weighted by Crippen LogP contribution is -2.51. The summed E-state index contributed by atoms with van der Waals surface area (Å²) in [5, 5.41) is 10.6. The molecule has 0 spiro atoms. The van der Waals surface area contributed by atoms with Crippen LogP contribution >= 0.6 is 0 Å². The molecule has 2 unspecified atom stereocenters. The van der Waals surface area contributed by atoms with Crippen molar-refractivity contribution < 1.29 is 5.11 Å². The molecule has 3 heteroatoms. The lowest BCUT2D eigenvalue weighted by molar-refractivity contribution is 0.0244. The first kappa shape index (κ1) is 15.0. The molecule has 0 amide bonds. The summed E-state index contributed by atoms with van der Waals surface area (Å²) in [6, 6.07) is 9.50. The van der Waals surface area contributed by atoms with Crippen molar-refractivity contribution in [3.8, 4) is 0 Å². The molecule has 3 nitrogen and oxygen atoms in total. The van der Waals surface area contributed by atoms with Crippen LogP contribution < -0.4 is 0 Å². The average Bonchev–Trinajstić information content (AvgIpc) is 3.39. The number of aryl methyl sites for hydroxylation is 1. The number of aliphatic hydroxyl groups is 1. The van der Waals surface area contributed by atoms with E-state index in [1.165, 1.54) is 18.4 Å². The fourth-order valence-corrected chi connectivity index (χ4v) is 3.38. The Bertz CT molecular complexity index is 447. The Kier molecular flexibility index (Phi) is 4.63. The van der Waals surface area contributed by atoms with Gasteiger partial charge < -0.3 is 5.11 Å². The number of rotatable bonds is 5. The monoisotopic (exact) mass is 288 g/mol. The highest BCUT2D eigenvalue weighted by molar-refractivity contribution is 5.25. The van der Waals surface area contributed by atoms with E-state index in [1.54, 1.807) is 0 Å². The minimum absolute atomic E-state index is 0.193. The summed E-state index contributed by atoms with van der Waals surface area (Å²) in [4.78, 5) is 5.06. The molecule has 1 heterocycles. The molecule has 1 aliphatic heterocycles. The Balaban J connectivity index is 1.57. The van der Waals surface area contributed by atoms with Crippen LogP contribution in [0.15, 0.2) is 24.3 Å². The van der Waals surface area contributed by atoms with Gasteiger partial charge in [-0.15, -0.1) is 0 Å². The number of hydrogen-bond acceptors (Lipinski definition) is 3. The molecule has 1 aliphatic carbocycles. The van der Waals surface area contributed by atoms with E-state index >= 15 is 0 Å². The Morgan fingerprint density at radius 1 is 1.10 bits per heavy atom. The Morgan fingerprint density at radius 2 is 1.71 bits per heavy atom. The van der Waals surface area contributed by atoms with E-state index in [0.717, 1.165) is 44.2 Å². The Labute approximate surface area is 128 Å². The van der Waals surface area contributed by atoms with Crippen molar-refractivity contribution in [2.75, 3.05) is 26.2 Å². The second-order valence-corrected chi connectivity index (χ2v) is 6.58. The van der Waals surface area contributed by atoms with Crippen molar-refractivity contribution in [1.82, 2.24) is 9.80 Å². The second-order valence-electron chi connectivity index (χ2n) is 6.58. The van der Waals surface area contributed by atoms with Gasteiger partial charge in [-0.1, -0.05) is 31.2 Å². The molecule has 1 N–H and O–H groups in total. The van der Waals surface area contributed by atoms with Crippen molar-refractivity contribution in [1.29, 1.82) is 0 Å². The third-order valence-corrected chi connectivity index (χ3v) is 5.17. The molecule has 2 atom stereocenters. The summed E-state index contributed by atoms with van der Waals surface area (Å²) in [5.74, 6) is 0. The predicted molar refractivity (Wildman–Crippen MR) is 86.4 cm³/mol. The molecule has 1 aromatic rings. The molecule has 116 valence electrons. The van der Waals surface area contributed by atoms with Crippen LogP contribution in [-0.4, -0.2) is 53.2 Å². The molecular weight excluding hydrogens is 260 g/mol. The number of aliphatic hydroxyl groups excluding tert-OH is 1. The third-order valence-electron chi connectivity index (χ3n) is 5.17.